The number of amides is 1. The van der Waals surface area contributed by atoms with E-state index in [-0.39, 0.29) is 5.91 Å². The number of fused-ring (bicyclic) bond motifs is 3. The van der Waals surface area contributed by atoms with Gasteiger partial charge in [-0.05, 0) is 6.07 Å². The van der Waals surface area contributed by atoms with Crippen LogP contribution in [-0.4, -0.2) is 15.9 Å². The van der Waals surface area contributed by atoms with Crippen LogP contribution in [-0.2, 0) is 0 Å². The lowest BCUT2D eigenvalue weighted by molar-refractivity contribution is 0.100. The van der Waals surface area contributed by atoms with Gasteiger partial charge >= 0.3 is 0 Å². The molecule has 0 N–H and O–H groups in total. The molecule has 0 saturated carbocycles. The van der Waals surface area contributed by atoms with Gasteiger partial charge in [0, 0.05) is 24.0 Å². The molecule has 5 nitrogen and oxygen atoms in total. The Balaban J connectivity index is 2.49. The number of nitrogens with zero attached hydrogens (tertiary/aromatic N) is 4. The van der Waals surface area contributed by atoms with E-state index in [0.29, 0.717) is 11.3 Å². The van der Waals surface area contributed by atoms with Crippen molar-refractivity contribution >= 4 is 22.5 Å². The molecule has 0 saturated heterocycles. The molecule has 0 bridgehead atoms. The third kappa shape index (κ3) is 0.806. The summed E-state index contributed by atoms with van der Waals surface area (Å²) in [6, 6.07) is 1.77. The second kappa shape index (κ2) is 2.41. The summed E-state index contributed by atoms with van der Waals surface area (Å²) in [5.74, 6) is -0.335. The fourth-order valence-electron chi connectivity index (χ4n) is 1.44. The van der Waals surface area contributed by atoms with Crippen molar-refractivity contribution in [2.75, 3.05) is 0 Å². The van der Waals surface area contributed by atoms with Crippen LogP contribution in [0.4, 0.5) is 5.69 Å². The number of carbonyl (C=O) groups is 1. The zero-order valence-electron chi connectivity index (χ0n) is 7.01. The average molecular weight is 184 g/mol. The van der Waals surface area contributed by atoms with E-state index >= 15 is 0 Å². The van der Waals surface area contributed by atoms with Crippen molar-refractivity contribution in [2.45, 2.75) is 0 Å². The Morgan fingerprint density at radius 3 is 3.00 bits per heavy atom. The van der Waals surface area contributed by atoms with Crippen molar-refractivity contribution in [2.24, 2.45) is 10.2 Å². The first-order chi connectivity index (χ1) is 6.86. The third-order valence-electron chi connectivity index (χ3n) is 2.11. The van der Waals surface area contributed by atoms with Crippen molar-refractivity contribution in [3.8, 4) is 0 Å². The summed E-state index contributed by atoms with van der Waals surface area (Å²) in [4.78, 5) is 19.3. The van der Waals surface area contributed by atoms with Crippen LogP contribution in [0, 0.1) is 0 Å². The molecule has 3 rings (SSSR count). The van der Waals surface area contributed by atoms with Gasteiger partial charge in [0.15, 0.2) is 0 Å². The SMILES string of the molecule is O=C1N=Nc2c1cnc1ccncc21. The van der Waals surface area contributed by atoms with Gasteiger partial charge in [-0.25, -0.2) is 0 Å². The minimum Gasteiger partial charge on any atom is -0.265 e. The molecule has 66 valence electrons. The molecular formula is C9H4N4O. The van der Waals surface area contributed by atoms with Gasteiger partial charge in [-0.3, -0.25) is 14.8 Å². The predicted octanol–water partition coefficient (Wildman–Crippen LogP) is 1.87. The van der Waals surface area contributed by atoms with Crippen molar-refractivity contribution < 1.29 is 4.79 Å². The molecule has 5 heteroatoms. The van der Waals surface area contributed by atoms with Crippen molar-refractivity contribution in [3.05, 3.63) is 30.2 Å². The number of rotatable bonds is 0. The van der Waals surface area contributed by atoms with Gasteiger partial charge in [-0.1, -0.05) is 0 Å². The van der Waals surface area contributed by atoms with Crippen LogP contribution < -0.4 is 0 Å². The summed E-state index contributed by atoms with van der Waals surface area (Å²) < 4.78 is 0. The van der Waals surface area contributed by atoms with E-state index < -0.39 is 0 Å². The van der Waals surface area contributed by atoms with Gasteiger partial charge in [0.1, 0.15) is 5.69 Å². The number of hydrogen-bond acceptors (Lipinski definition) is 4. The Kier molecular flexibility index (Phi) is 1.25. The Hall–Kier alpha value is -2.17. The highest BCUT2D eigenvalue weighted by Gasteiger charge is 2.20. The Bertz CT molecular complexity index is 576. The number of pyridine rings is 2. The molecule has 2 aromatic rings. The Morgan fingerprint density at radius 2 is 2.07 bits per heavy atom. The molecule has 0 spiro atoms. The van der Waals surface area contributed by atoms with E-state index in [9.17, 15) is 4.79 Å². The summed E-state index contributed by atoms with van der Waals surface area (Å²) in [5, 5.41) is 8.04. The van der Waals surface area contributed by atoms with Crippen molar-refractivity contribution in [1.29, 1.82) is 0 Å². The molecule has 14 heavy (non-hydrogen) atoms. The van der Waals surface area contributed by atoms with Crippen LogP contribution >= 0.6 is 0 Å². The maximum Gasteiger partial charge on any atom is 0.299 e. The van der Waals surface area contributed by atoms with Gasteiger partial charge in [0.2, 0.25) is 0 Å². The van der Waals surface area contributed by atoms with E-state index in [1.165, 1.54) is 6.20 Å². The fraction of sp³-hybridized carbons (Fsp3) is 0. The second-order valence-corrected chi connectivity index (χ2v) is 2.92. The molecule has 1 aliphatic rings. The fourth-order valence-corrected chi connectivity index (χ4v) is 1.44. The smallest absolute Gasteiger partial charge is 0.265 e. The first-order valence-electron chi connectivity index (χ1n) is 4.05. The maximum absolute atomic E-state index is 11.2. The molecule has 0 aliphatic carbocycles. The van der Waals surface area contributed by atoms with Crippen LogP contribution in [0.5, 0.6) is 0 Å². The molecule has 0 aromatic carbocycles. The Morgan fingerprint density at radius 1 is 1.14 bits per heavy atom. The minimum absolute atomic E-state index is 0.335. The highest BCUT2D eigenvalue weighted by molar-refractivity contribution is 6.08. The molecule has 0 radical (unpaired) electrons. The molecule has 0 atom stereocenters. The minimum atomic E-state index is -0.335. The molecule has 1 amide bonds. The monoisotopic (exact) mass is 184 g/mol. The molecule has 3 heterocycles. The van der Waals surface area contributed by atoms with E-state index in [2.05, 4.69) is 20.2 Å². The first kappa shape index (κ1) is 7.25. The maximum atomic E-state index is 11.2. The normalized spacial score (nSPS) is 13.6. The number of carbonyl (C=O) groups excluding carboxylic acids is 1. The topological polar surface area (TPSA) is 67.6 Å². The molecule has 2 aromatic heterocycles. The quantitative estimate of drug-likeness (QED) is 0.627. The van der Waals surface area contributed by atoms with Crippen molar-refractivity contribution in [3.63, 3.8) is 0 Å². The van der Waals surface area contributed by atoms with Crippen molar-refractivity contribution in [1.82, 2.24) is 9.97 Å². The van der Waals surface area contributed by atoms with E-state index in [1.54, 1.807) is 18.5 Å². The van der Waals surface area contributed by atoms with E-state index in [1.807, 2.05) is 0 Å². The van der Waals surface area contributed by atoms with Crippen LogP contribution in [0.25, 0.3) is 10.9 Å². The molecule has 0 unspecified atom stereocenters. The Labute approximate surface area is 78.5 Å². The van der Waals surface area contributed by atoms with Gasteiger partial charge in [-0.2, -0.15) is 0 Å². The molecule has 1 aliphatic heterocycles. The van der Waals surface area contributed by atoms with Crippen LogP contribution in [0.3, 0.4) is 0 Å². The van der Waals surface area contributed by atoms with Crippen LogP contribution in [0.1, 0.15) is 10.4 Å². The highest BCUT2D eigenvalue weighted by atomic mass is 16.2. The first-order valence-corrected chi connectivity index (χ1v) is 4.05. The highest BCUT2D eigenvalue weighted by Crippen LogP contribution is 2.32. The number of aromatic nitrogens is 2. The lowest BCUT2D eigenvalue weighted by Crippen LogP contribution is -1.91. The lowest BCUT2D eigenvalue weighted by atomic mass is 10.1. The summed E-state index contributed by atoms with van der Waals surface area (Å²) in [6.45, 7) is 0. The zero-order valence-corrected chi connectivity index (χ0v) is 7.01. The predicted molar refractivity (Wildman–Crippen MR) is 48.4 cm³/mol. The average Bonchev–Trinajstić information content (AvgIpc) is 2.61. The van der Waals surface area contributed by atoms with E-state index in [0.717, 1.165) is 10.9 Å². The summed E-state index contributed by atoms with van der Waals surface area (Å²) in [5.41, 5.74) is 1.80. The zero-order chi connectivity index (χ0) is 9.54. The molecular weight excluding hydrogens is 180 g/mol. The number of hydrogen-bond donors (Lipinski definition) is 0. The van der Waals surface area contributed by atoms with Gasteiger partial charge in [0.25, 0.3) is 5.91 Å². The van der Waals surface area contributed by atoms with Gasteiger partial charge < -0.3 is 0 Å². The summed E-state index contributed by atoms with van der Waals surface area (Å²) in [7, 11) is 0. The lowest BCUT2D eigenvalue weighted by Gasteiger charge is -1.98. The van der Waals surface area contributed by atoms with Gasteiger partial charge in [-0.15, -0.1) is 10.2 Å². The van der Waals surface area contributed by atoms with Crippen LogP contribution in [0.15, 0.2) is 34.9 Å². The van der Waals surface area contributed by atoms with Crippen LogP contribution in [0.2, 0.25) is 0 Å². The largest absolute Gasteiger partial charge is 0.299 e. The standard InChI is InChI=1S/C9H4N4O/c14-9-6-4-11-7-1-2-10-3-5(7)8(6)12-13-9/h1-4H. The van der Waals surface area contributed by atoms with Gasteiger partial charge in [0.05, 0.1) is 11.1 Å². The van der Waals surface area contributed by atoms with E-state index in [4.69, 9.17) is 0 Å². The summed E-state index contributed by atoms with van der Waals surface area (Å²) in [6.07, 6.45) is 4.79. The summed E-state index contributed by atoms with van der Waals surface area (Å²) >= 11 is 0. The number of azo groups is 1. The third-order valence-corrected chi connectivity index (χ3v) is 2.11. The molecule has 0 fully saturated rings. The second-order valence-electron chi connectivity index (χ2n) is 2.92.